The second kappa shape index (κ2) is 14.0. The molecular formula is C42H43N11. The number of piperidine rings is 2. The fourth-order valence-electron chi connectivity index (χ4n) is 7.59. The van der Waals surface area contributed by atoms with E-state index in [0.717, 1.165) is 88.5 Å². The largest absolute Gasteiger partial charge is 0.399 e. The van der Waals surface area contributed by atoms with Crippen LogP contribution in [-0.2, 0) is 0 Å². The van der Waals surface area contributed by atoms with Crippen LogP contribution in [0.1, 0.15) is 49.7 Å². The van der Waals surface area contributed by atoms with Crippen molar-refractivity contribution in [3.05, 3.63) is 114 Å². The second-order valence-electron chi connectivity index (χ2n) is 14.1. The van der Waals surface area contributed by atoms with Gasteiger partial charge in [0.2, 0.25) is 11.9 Å². The summed E-state index contributed by atoms with van der Waals surface area (Å²) in [6, 6.07) is 28.9. The summed E-state index contributed by atoms with van der Waals surface area (Å²) in [4.78, 5) is 26.2. The van der Waals surface area contributed by atoms with Crippen molar-refractivity contribution in [1.82, 2.24) is 4.90 Å². The Balaban J connectivity index is 1.12. The van der Waals surface area contributed by atoms with Crippen molar-refractivity contribution in [2.75, 3.05) is 58.1 Å². The normalized spacial score (nSPS) is 18.0. The Morgan fingerprint density at radius 3 is 1.68 bits per heavy atom. The van der Waals surface area contributed by atoms with E-state index in [9.17, 15) is 0 Å². The molecule has 9 rings (SSSR count). The highest BCUT2D eigenvalue weighted by Gasteiger charge is 2.32. The van der Waals surface area contributed by atoms with Gasteiger partial charge < -0.3 is 31.9 Å². The van der Waals surface area contributed by atoms with E-state index in [-0.39, 0.29) is 0 Å². The number of nitrogens with two attached hydrogens (primary N) is 2. The van der Waals surface area contributed by atoms with E-state index in [2.05, 4.69) is 79.0 Å². The van der Waals surface area contributed by atoms with Crippen molar-refractivity contribution in [3.8, 4) is 0 Å². The highest BCUT2D eigenvalue weighted by atomic mass is 15.4. The number of benzene rings is 4. The minimum absolute atomic E-state index is 0.528. The van der Waals surface area contributed by atoms with Gasteiger partial charge in [0.05, 0.1) is 28.5 Å². The number of nitrogen functional groups attached to an aromatic ring is 2. The second-order valence-corrected chi connectivity index (χ2v) is 14.1. The fourth-order valence-corrected chi connectivity index (χ4v) is 7.59. The zero-order chi connectivity index (χ0) is 35.7. The van der Waals surface area contributed by atoms with Crippen molar-refractivity contribution >= 4 is 75.2 Å². The van der Waals surface area contributed by atoms with Crippen LogP contribution in [0.4, 0.5) is 45.5 Å². The monoisotopic (exact) mass is 701 g/mol. The lowest BCUT2D eigenvalue weighted by molar-refractivity contribution is 0.578. The maximum Gasteiger partial charge on any atom is 0.239 e. The average Bonchev–Trinajstić information content (AvgIpc) is 3.20. The third kappa shape index (κ3) is 6.73. The number of anilines is 8. The third-order valence-corrected chi connectivity index (χ3v) is 10.4. The molecule has 0 atom stereocenters. The lowest BCUT2D eigenvalue weighted by Crippen LogP contribution is -2.40. The molecule has 5 aliphatic heterocycles. The van der Waals surface area contributed by atoms with Gasteiger partial charge in [-0.1, -0.05) is 0 Å². The van der Waals surface area contributed by atoms with E-state index in [1.54, 1.807) is 0 Å². The van der Waals surface area contributed by atoms with Crippen LogP contribution < -0.4 is 31.9 Å². The van der Waals surface area contributed by atoms with E-state index in [4.69, 9.17) is 21.5 Å². The topological polar surface area (TPSA) is 135 Å². The molecule has 266 valence electrons. The molecule has 0 amide bonds. The third-order valence-electron chi connectivity index (χ3n) is 10.4. The Hall–Kier alpha value is -6.36. The molecule has 0 aliphatic carbocycles. The standard InChI is InChI=1S/C42H43N11/c43-28-7-11-30(12-8-28)47-37-23-32(51-19-3-1-4-20-51)15-17-35(37)39-25-34-26-40(50-42-46-27-45-41(49-39)53(34)42)36-18-16-33(52-21-5-2-6-22-52)24-38(36)48-31-13-9-29(44)10-14-31/h7-18,23-27,47-48H,1-6,19-22,43-44H2. The van der Waals surface area contributed by atoms with Gasteiger partial charge in [-0.2, -0.15) is 0 Å². The molecule has 11 heteroatoms. The van der Waals surface area contributed by atoms with Crippen LogP contribution in [-0.4, -0.2) is 55.0 Å². The molecule has 0 saturated carbocycles. The summed E-state index contributed by atoms with van der Waals surface area (Å²) in [5.74, 6) is 1.06. The summed E-state index contributed by atoms with van der Waals surface area (Å²) in [7, 11) is 0. The smallest absolute Gasteiger partial charge is 0.239 e. The van der Waals surface area contributed by atoms with E-state index in [0.29, 0.717) is 11.9 Å². The number of allylic oxidation sites excluding steroid dienone is 2. The minimum atomic E-state index is 0.528. The molecule has 0 radical (unpaired) electrons. The lowest BCUT2D eigenvalue weighted by atomic mass is 10.0. The van der Waals surface area contributed by atoms with Crippen molar-refractivity contribution < 1.29 is 0 Å². The number of hydrogen-bond acceptors (Lipinski definition) is 11. The first kappa shape index (κ1) is 32.5. The van der Waals surface area contributed by atoms with Crippen LogP contribution in [0.3, 0.4) is 0 Å². The van der Waals surface area contributed by atoms with Crippen molar-refractivity contribution in [3.63, 3.8) is 0 Å². The van der Waals surface area contributed by atoms with E-state index in [1.165, 1.54) is 56.2 Å². The summed E-state index contributed by atoms with van der Waals surface area (Å²) in [6.45, 7) is 4.22. The highest BCUT2D eigenvalue weighted by Crippen LogP contribution is 2.38. The molecule has 5 aliphatic rings. The summed E-state index contributed by atoms with van der Waals surface area (Å²) < 4.78 is 0. The van der Waals surface area contributed by atoms with Crippen molar-refractivity contribution in [1.29, 1.82) is 0 Å². The summed E-state index contributed by atoms with van der Waals surface area (Å²) >= 11 is 0. The fraction of sp³-hybridized carbons (Fsp3) is 0.238. The molecule has 11 nitrogen and oxygen atoms in total. The van der Waals surface area contributed by atoms with Gasteiger partial charge >= 0.3 is 0 Å². The summed E-state index contributed by atoms with van der Waals surface area (Å²) in [5, 5.41) is 7.35. The SMILES string of the molecule is Nc1ccc(Nc2cc(N3CCCCC3)ccc2C2=CC3=CC(c4ccc(N5CCCCC5)cc4Nc4ccc(N)cc4)=NC4=NC=NC(=N2)N34)cc1. The molecule has 5 heterocycles. The molecule has 0 unspecified atom stereocenters. The van der Waals surface area contributed by atoms with Gasteiger partial charge in [0.25, 0.3) is 0 Å². The molecule has 0 bridgehead atoms. The maximum absolute atomic E-state index is 6.03. The zero-order valence-corrected chi connectivity index (χ0v) is 29.7. The summed E-state index contributed by atoms with van der Waals surface area (Å²) in [6.07, 6.45) is 13.1. The molecular weight excluding hydrogens is 659 g/mol. The summed E-state index contributed by atoms with van der Waals surface area (Å²) in [5.41, 5.74) is 24.2. The van der Waals surface area contributed by atoms with E-state index < -0.39 is 0 Å². The van der Waals surface area contributed by atoms with Gasteiger partial charge in [-0.15, -0.1) is 0 Å². The Kier molecular flexibility index (Phi) is 8.59. The van der Waals surface area contributed by atoms with E-state index >= 15 is 0 Å². The van der Waals surface area contributed by atoms with Crippen LogP contribution in [0.5, 0.6) is 0 Å². The van der Waals surface area contributed by atoms with Crippen LogP contribution in [0.2, 0.25) is 0 Å². The van der Waals surface area contributed by atoms with Crippen molar-refractivity contribution in [2.45, 2.75) is 38.5 Å². The number of nitrogens with zero attached hydrogens (tertiary/aromatic N) is 7. The Labute approximate surface area is 309 Å². The maximum atomic E-state index is 6.03. The van der Waals surface area contributed by atoms with Gasteiger partial charge in [-0.3, -0.25) is 0 Å². The first-order chi connectivity index (χ1) is 26.0. The Bertz CT molecular complexity index is 2100. The number of hydrogen-bond donors (Lipinski definition) is 4. The number of guanidine groups is 2. The molecule has 4 aromatic carbocycles. The molecule has 0 aromatic heterocycles. The molecule has 2 saturated heterocycles. The minimum Gasteiger partial charge on any atom is -0.399 e. The van der Waals surface area contributed by atoms with Crippen LogP contribution in [0.15, 0.2) is 123 Å². The van der Waals surface area contributed by atoms with Gasteiger partial charge in [0.15, 0.2) is 0 Å². The number of rotatable bonds is 8. The van der Waals surface area contributed by atoms with Gasteiger partial charge in [0, 0.05) is 71.4 Å². The Morgan fingerprint density at radius 1 is 0.547 bits per heavy atom. The van der Waals surface area contributed by atoms with E-state index in [1.807, 2.05) is 53.4 Å². The molecule has 53 heavy (non-hydrogen) atoms. The van der Waals surface area contributed by atoms with Gasteiger partial charge in [0.1, 0.15) is 6.34 Å². The zero-order valence-electron chi connectivity index (χ0n) is 29.7. The predicted molar refractivity (Wildman–Crippen MR) is 221 cm³/mol. The van der Waals surface area contributed by atoms with Crippen molar-refractivity contribution in [2.24, 2.45) is 20.0 Å². The number of aliphatic imine (C=N–C) groups is 4. The first-order valence-electron chi connectivity index (χ1n) is 18.6. The van der Waals surface area contributed by atoms with Gasteiger partial charge in [-0.05, 0) is 136 Å². The predicted octanol–water partition coefficient (Wildman–Crippen LogP) is 8.12. The number of nitrogens with one attached hydrogen (secondary N) is 2. The quantitative estimate of drug-likeness (QED) is 0.136. The van der Waals surface area contributed by atoms with Crippen LogP contribution in [0, 0.1) is 0 Å². The molecule has 6 N–H and O–H groups in total. The average molecular weight is 702 g/mol. The molecule has 2 fully saturated rings. The highest BCUT2D eigenvalue weighted by molar-refractivity contribution is 6.24. The van der Waals surface area contributed by atoms with Crippen LogP contribution in [0.25, 0.3) is 5.70 Å². The molecule has 0 spiro atoms. The Morgan fingerprint density at radius 2 is 1.09 bits per heavy atom. The van der Waals surface area contributed by atoms with Crippen LogP contribution >= 0.6 is 0 Å². The molecule has 4 aromatic rings. The lowest BCUT2D eigenvalue weighted by Gasteiger charge is -2.33. The first-order valence-corrected chi connectivity index (χ1v) is 18.6. The van der Waals surface area contributed by atoms with Gasteiger partial charge in [-0.25, -0.2) is 24.9 Å².